The Morgan fingerprint density at radius 1 is 1.12 bits per heavy atom. The number of hydrogen-bond acceptors (Lipinski definition) is 4. The predicted octanol–water partition coefficient (Wildman–Crippen LogP) is 2.69. The minimum atomic E-state index is -4.55. The highest BCUT2D eigenvalue weighted by molar-refractivity contribution is 7.86. The summed E-state index contributed by atoms with van der Waals surface area (Å²) in [6.45, 7) is 0. The van der Waals surface area contributed by atoms with Crippen LogP contribution in [-0.2, 0) is 10.1 Å². The molecule has 0 aliphatic rings. The van der Waals surface area contributed by atoms with E-state index in [-0.39, 0.29) is 16.0 Å². The van der Waals surface area contributed by atoms with Crippen molar-refractivity contribution in [2.45, 2.75) is 4.90 Å². The molecule has 0 saturated heterocycles. The highest BCUT2D eigenvalue weighted by Crippen LogP contribution is 2.30. The molecule has 0 aromatic heterocycles. The Hall–Kier alpha value is -2.08. The van der Waals surface area contributed by atoms with Crippen molar-refractivity contribution in [3.05, 3.63) is 46.8 Å². The van der Waals surface area contributed by atoms with Crippen molar-refractivity contribution in [3.63, 3.8) is 0 Å². The minimum absolute atomic E-state index is 0.257. The molecule has 0 saturated carbocycles. The van der Waals surface area contributed by atoms with Crippen LogP contribution >= 0.6 is 0 Å². The van der Waals surface area contributed by atoms with Gasteiger partial charge in [0.15, 0.2) is 0 Å². The largest absolute Gasteiger partial charge is 0.744 e. The maximum atomic E-state index is 11.1. The lowest BCUT2D eigenvalue weighted by Gasteiger charge is -2.11. The molecule has 86 valence electrons. The van der Waals surface area contributed by atoms with Gasteiger partial charge in [-0.15, -0.1) is 0 Å². The molecule has 0 bridgehead atoms. The van der Waals surface area contributed by atoms with Crippen molar-refractivity contribution in [2.75, 3.05) is 0 Å². The second-order valence-electron chi connectivity index (χ2n) is 3.27. The summed E-state index contributed by atoms with van der Waals surface area (Å²) in [7, 11) is -4.55. The Bertz CT molecular complexity index is 734. The van der Waals surface area contributed by atoms with Gasteiger partial charge in [-0.05, 0) is 22.4 Å². The molecule has 0 radical (unpaired) electrons. The fourth-order valence-electron chi connectivity index (χ4n) is 1.62. The molecule has 0 amide bonds. The Balaban J connectivity index is 2.93. The summed E-state index contributed by atoms with van der Waals surface area (Å²) >= 11 is 0. The van der Waals surface area contributed by atoms with Gasteiger partial charge in [0.25, 0.3) is 0 Å². The summed E-state index contributed by atoms with van der Waals surface area (Å²) in [6, 6.07) is 8.82. The number of hydrogen-bond donors (Lipinski definition) is 0. The van der Waals surface area contributed by atoms with Gasteiger partial charge in [0.2, 0.25) is 0 Å². The van der Waals surface area contributed by atoms with Crippen LogP contribution in [0.4, 0.5) is 5.69 Å². The van der Waals surface area contributed by atoms with Crippen LogP contribution in [0.1, 0.15) is 0 Å². The van der Waals surface area contributed by atoms with Gasteiger partial charge < -0.3 is 4.55 Å². The zero-order valence-corrected chi connectivity index (χ0v) is 9.26. The highest BCUT2D eigenvalue weighted by Gasteiger charge is 2.08. The van der Waals surface area contributed by atoms with Crippen LogP contribution in [0.2, 0.25) is 0 Å². The van der Waals surface area contributed by atoms with Crippen molar-refractivity contribution >= 4 is 26.6 Å². The molecular formula is C10H6N3O3S-. The van der Waals surface area contributed by atoms with Gasteiger partial charge in [-0.3, -0.25) is 0 Å². The summed E-state index contributed by atoms with van der Waals surface area (Å²) in [5.74, 6) is 0. The van der Waals surface area contributed by atoms with Crippen molar-refractivity contribution in [1.29, 1.82) is 0 Å². The van der Waals surface area contributed by atoms with Crippen LogP contribution in [-0.4, -0.2) is 13.0 Å². The normalized spacial score (nSPS) is 11.1. The SMILES string of the molecule is [N-]=[N+]=Nc1cccc2c(S(=O)(=O)[O-])cccc12. The fraction of sp³-hybridized carbons (Fsp3) is 0. The standard InChI is InChI=1S/C10H7N3O3S/c11-13-12-9-5-1-4-8-7(9)3-2-6-10(8)17(14,15)16/h1-6H,(H,14,15,16)/p-1. The highest BCUT2D eigenvalue weighted by atomic mass is 32.2. The summed E-state index contributed by atoms with van der Waals surface area (Å²) in [5.41, 5.74) is 8.67. The lowest BCUT2D eigenvalue weighted by molar-refractivity contribution is 0.464. The Morgan fingerprint density at radius 2 is 1.76 bits per heavy atom. The molecule has 0 unspecified atom stereocenters. The lowest BCUT2D eigenvalue weighted by atomic mass is 10.1. The third-order valence-electron chi connectivity index (χ3n) is 2.28. The fourth-order valence-corrected chi connectivity index (χ4v) is 2.31. The third-order valence-corrected chi connectivity index (χ3v) is 3.18. The third kappa shape index (κ3) is 2.07. The second-order valence-corrected chi connectivity index (χ2v) is 4.62. The summed E-state index contributed by atoms with van der Waals surface area (Å²) in [4.78, 5) is 2.33. The monoisotopic (exact) mass is 248 g/mol. The van der Waals surface area contributed by atoms with E-state index in [1.54, 1.807) is 12.1 Å². The zero-order valence-electron chi connectivity index (χ0n) is 8.44. The maximum Gasteiger partial charge on any atom is 0.125 e. The molecular weight excluding hydrogens is 242 g/mol. The van der Waals surface area contributed by atoms with E-state index < -0.39 is 10.1 Å². The van der Waals surface area contributed by atoms with Gasteiger partial charge in [-0.25, -0.2) is 8.42 Å². The van der Waals surface area contributed by atoms with E-state index in [2.05, 4.69) is 10.0 Å². The predicted molar refractivity (Wildman–Crippen MR) is 60.7 cm³/mol. The molecule has 0 fully saturated rings. The Labute approximate surface area is 96.9 Å². The molecule has 0 aliphatic heterocycles. The molecule has 0 aliphatic carbocycles. The van der Waals surface area contributed by atoms with Gasteiger partial charge in [-0.1, -0.05) is 35.4 Å². The topological polar surface area (TPSA) is 106 Å². The maximum absolute atomic E-state index is 11.1. The van der Waals surface area contributed by atoms with Gasteiger partial charge in [0.1, 0.15) is 10.1 Å². The summed E-state index contributed by atoms with van der Waals surface area (Å²) in [6.07, 6.45) is 0. The van der Waals surface area contributed by atoms with Crippen molar-refractivity contribution in [3.8, 4) is 0 Å². The molecule has 0 N–H and O–H groups in total. The van der Waals surface area contributed by atoms with E-state index in [0.717, 1.165) is 0 Å². The first-order valence-electron chi connectivity index (χ1n) is 4.57. The van der Waals surface area contributed by atoms with Crippen LogP contribution in [0.5, 0.6) is 0 Å². The van der Waals surface area contributed by atoms with Crippen molar-refractivity contribution < 1.29 is 13.0 Å². The molecule has 6 nitrogen and oxygen atoms in total. The minimum Gasteiger partial charge on any atom is -0.744 e. The van der Waals surface area contributed by atoms with Crippen molar-refractivity contribution in [2.24, 2.45) is 5.11 Å². The number of fused-ring (bicyclic) bond motifs is 1. The van der Waals surface area contributed by atoms with Crippen LogP contribution in [0.15, 0.2) is 46.4 Å². The van der Waals surface area contributed by atoms with Crippen LogP contribution in [0.25, 0.3) is 21.2 Å². The molecule has 17 heavy (non-hydrogen) atoms. The zero-order chi connectivity index (χ0) is 12.5. The Kier molecular flexibility index (Phi) is 2.72. The van der Waals surface area contributed by atoms with Gasteiger partial charge in [0.05, 0.1) is 4.90 Å². The second kappa shape index (κ2) is 4.06. The average Bonchev–Trinajstić information content (AvgIpc) is 2.28. The summed E-state index contributed by atoms with van der Waals surface area (Å²) in [5, 5.41) is 4.13. The molecule has 2 rings (SSSR count). The van der Waals surface area contributed by atoms with Gasteiger partial charge >= 0.3 is 0 Å². The average molecular weight is 248 g/mol. The molecule has 2 aromatic rings. The summed E-state index contributed by atoms with van der Waals surface area (Å²) < 4.78 is 33.2. The number of rotatable bonds is 2. The number of nitrogens with zero attached hydrogens (tertiary/aromatic N) is 3. The van der Waals surface area contributed by atoms with Crippen molar-refractivity contribution in [1.82, 2.24) is 0 Å². The van der Waals surface area contributed by atoms with E-state index in [4.69, 9.17) is 5.53 Å². The van der Waals surface area contributed by atoms with E-state index in [1.807, 2.05) is 0 Å². The van der Waals surface area contributed by atoms with Crippen LogP contribution in [0, 0.1) is 0 Å². The molecule has 2 aromatic carbocycles. The van der Waals surface area contributed by atoms with Gasteiger partial charge in [0, 0.05) is 10.6 Å². The number of benzene rings is 2. The van der Waals surface area contributed by atoms with Gasteiger partial charge in [-0.2, -0.15) is 0 Å². The molecule has 7 heteroatoms. The molecule has 0 heterocycles. The van der Waals surface area contributed by atoms with E-state index >= 15 is 0 Å². The van der Waals surface area contributed by atoms with Crippen LogP contribution < -0.4 is 0 Å². The van der Waals surface area contributed by atoms with E-state index in [0.29, 0.717) is 5.39 Å². The van der Waals surface area contributed by atoms with Crippen LogP contribution in [0.3, 0.4) is 0 Å². The lowest BCUT2D eigenvalue weighted by Crippen LogP contribution is -1.99. The first-order chi connectivity index (χ1) is 8.04. The quantitative estimate of drug-likeness (QED) is 0.353. The molecule has 0 atom stereocenters. The smallest absolute Gasteiger partial charge is 0.125 e. The Morgan fingerprint density at radius 3 is 2.41 bits per heavy atom. The van der Waals surface area contributed by atoms with E-state index in [1.165, 1.54) is 24.3 Å². The first kappa shape index (κ1) is 11.4. The van der Waals surface area contributed by atoms with E-state index in [9.17, 15) is 13.0 Å². The number of azide groups is 1. The molecule has 0 spiro atoms. The first-order valence-corrected chi connectivity index (χ1v) is 5.97.